The number of carbonyl (C=O) groups is 1. The number of amides is 1. The highest BCUT2D eigenvalue weighted by atomic mass is 16.6. The van der Waals surface area contributed by atoms with E-state index in [0.29, 0.717) is 26.2 Å². The summed E-state index contributed by atoms with van der Waals surface area (Å²) < 4.78 is 11.8. The molecule has 0 saturated carbocycles. The Balaban J connectivity index is 1.07. The highest BCUT2D eigenvalue weighted by molar-refractivity contribution is 5.79. The monoisotopic (exact) mass is 494 g/mol. The van der Waals surface area contributed by atoms with Gasteiger partial charge in [-0.05, 0) is 47.1 Å². The van der Waals surface area contributed by atoms with E-state index in [1.807, 2.05) is 17.3 Å². The highest BCUT2D eigenvalue weighted by Gasteiger charge is 2.40. The summed E-state index contributed by atoms with van der Waals surface area (Å²) in [4.78, 5) is 26.8. The molecule has 7 nitrogen and oxygen atoms in total. The molecule has 0 radical (unpaired) electrons. The van der Waals surface area contributed by atoms with Crippen LogP contribution in [0, 0.1) is 0 Å². The molecule has 2 unspecified atom stereocenters. The minimum atomic E-state index is -0.268. The van der Waals surface area contributed by atoms with Gasteiger partial charge in [0.05, 0.1) is 25.3 Å². The van der Waals surface area contributed by atoms with E-state index >= 15 is 0 Å². The number of carbonyl (C=O) groups excluding carboxylic acids is 1. The van der Waals surface area contributed by atoms with Gasteiger partial charge < -0.3 is 14.4 Å². The highest BCUT2D eigenvalue weighted by Crippen LogP contribution is 2.44. The van der Waals surface area contributed by atoms with Gasteiger partial charge in [-0.3, -0.25) is 4.90 Å². The van der Waals surface area contributed by atoms with Gasteiger partial charge in [0.2, 0.25) is 5.95 Å². The second kappa shape index (κ2) is 9.30. The van der Waals surface area contributed by atoms with Crippen LogP contribution in [0.4, 0.5) is 10.7 Å². The number of morpholine rings is 1. The number of anilines is 1. The minimum Gasteiger partial charge on any atom is -0.448 e. The van der Waals surface area contributed by atoms with E-state index < -0.39 is 0 Å². The number of hydrogen-bond donors (Lipinski definition) is 0. The van der Waals surface area contributed by atoms with Crippen LogP contribution in [0.1, 0.15) is 41.9 Å². The van der Waals surface area contributed by atoms with Crippen LogP contribution in [-0.2, 0) is 9.47 Å². The average molecular weight is 495 g/mol. The molecule has 2 aromatic carbocycles. The Labute approximate surface area is 216 Å². The lowest BCUT2D eigenvalue weighted by atomic mass is 9.91. The first-order valence-corrected chi connectivity index (χ1v) is 13.3. The first-order valence-electron chi connectivity index (χ1n) is 13.3. The number of nitrogens with zero attached hydrogens (tertiary/aromatic N) is 4. The van der Waals surface area contributed by atoms with Crippen molar-refractivity contribution in [2.24, 2.45) is 0 Å². The van der Waals surface area contributed by atoms with Gasteiger partial charge in [0.1, 0.15) is 6.61 Å². The van der Waals surface area contributed by atoms with E-state index in [9.17, 15) is 4.79 Å². The molecule has 0 spiro atoms. The van der Waals surface area contributed by atoms with Crippen molar-refractivity contribution >= 4 is 17.6 Å². The predicted octanol–water partition coefficient (Wildman–Crippen LogP) is 4.88. The molecular formula is C30H30N4O3. The fourth-order valence-electron chi connectivity index (χ4n) is 6.33. The quantitative estimate of drug-likeness (QED) is 0.515. The number of hydrogen-bond acceptors (Lipinski definition) is 6. The molecular weight excluding hydrogens is 464 g/mol. The lowest BCUT2D eigenvalue weighted by molar-refractivity contribution is -0.0331. The number of aromatic nitrogens is 2. The summed E-state index contributed by atoms with van der Waals surface area (Å²) in [6.07, 6.45) is 8.81. The van der Waals surface area contributed by atoms with Gasteiger partial charge in [-0.15, -0.1) is 0 Å². The van der Waals surface area contributed by atoms with E-state index in [0.717, 1.165) is 24.6 Å². The van der Waals surface area contributed by atoms with Gasteiger partial charge in [0, 0.05) is 37.0 Å². The maximum Gasteiger partial charge on any atom is 0.410 e. The zero-order chi connectivity index (χ0) is 24.8. The first kappa shape index (κ1) is 22.5. The van der Waals surface area contributed by atoms with Gasteiger partial charge in [-0.2, -0.15) is 0 Å². The fraction of sp³-hybridized carbons (Fsp3) is 0.367. The molecule has 2 fully saturated rings. The van der Waals surface area contributed by atoms with Crippen LogP contribution in [-0.4, -0.2) is 66.0 Å². The van der Waals surface area contributed by atoms with Crippen LogP contribution in [0.5, 0.6) is 0 Å². The first-order chi connectivity index (χ1) is 18.3. The molecule has 0 N–H and O–H groups in total. The molecule has 2 atom stereocenters. The summed E-state index contributed by atoms with van der Waals surface area (Å²) in [5, 5.41) is 0. The van der Waals surface area contributed by atoms with E-state index in [1.165, 1.54) is 40.7 Å². The Morgan fingerprint density at radius 1 is 0.946 bits per heavy atom. The van der Waals surface area contributed by atoms with Crippen molar-refractivity contribution in [2.75, 3.05) is 37.8 Å². The van der Waals surface area contributed by atoms with Gasteiger partial charge in [0.25, 0.3) is 0 Å². The lowest BCUT2D eigenvalue weighted by Gasteiger charge is -2.43. The number of fused-ring (bicyclic) bond motifs is 5. The second-order valence-corrected chi connectivity index (χ2v) is 10.3. The molecule has 1 aliphatic carbocycles. The largest absolute Gasteiger partial charge is 0.448 e. The molecule has 3 aliphatic heterocycles. The topological polar surface area (TPSA) is 67.8 Å². The molecule has 7 rings (SSSR count). The number of ether oxygens (including phenoxy) is 2. The van der Waals surface area contributed by atoms with Crippen molar-refractivity contribution in [2.45, 2.75) is 37.3 Å². The van der Waals surface area contributed by atoms with Crippen LogP contribution < -0.4 is 4.90 Å². The molecule has 37 heavy (non-hydrogen) atoms. The van der Waals surface area contributed by atoms with E-state index in [1.54, 1.807) is 0 Å². The summed E-state index contributed by atoms with van der Waals surface area (Å²) in [5.41, 5.74) is 7.10. The third-order valence-corrected chi connectivity index (χ3v) is 8.14. The second-order valence-electron chi connectivity index (χ2n) is 10.3. The average Bonchev–Trinajstić information content (AvgIpc) is 3.58. The van der Waals surface area contributed by atoms with Gasteiger partial charge >= 0.3 is 6.09 Å². The number of rotatable bonds is 4. The summed E-state index contributed by atoms with van der Waals surface area (Å²) in [6, 6.07) is 16.6. The Hall–Kier alpha value is -3.71. The Bertz CT molecular complexity index is 1300. The molecule has 7 heteroatoms. The number of benzene rings is 2. The third kappa shape index (κ3) is 3.98. The SMILES string of the molecule is O=C(OCC1c2ccccc2-c2ccccc21)N1C2C=C(c3cnc(N4CCCC4)nc3)CC1COC2. The lowest BCUT2D eigenvalue weighted by Crippen LogP contribution is -2.56. The predicted molar refractivity (Wildman–Crippen MR) is 141 cm³/mol. The van der Waals surface area contributed by atoms with Crippen LogP contribution in [0.2, 0.25) is 0 Å². The standard InChI is InChI=1S/C30H30N4O3/c35-30(37-19-28-26-9-3-1-7-24(26)25-8-2-4-10-27(25)28)34-22-13-20(14-23(34)18-36-17-22)21-15-31-29(32-16-21)33-11-5-6-12-33/h1-4,7-10,13,15-16,22-23,28H,5-6,11-12,14,17-19H2. The summed E-state index contributed by atoms with van der Waals surface area (Å²) in [6.45, 7) is 3.35. The molecule has 2 bridgehead atoms. The fourth-order valence-corrected chi connectivity index (χ4v) is 6.33. The normalized spacial score (nSPS) is 22.4. The molecule has 3 aromatic rings. The molecule has 2 saturated heterocycles. The van der Waals surface area contributed by atoms with Crippen molar-refractivity contribution < 1.29 is 14.3 Å². The van der Waals surface area contributed by atoms with Crippen molar-refractivity contribution in [3.05, 3.63) is 83.7 Å². The smallest absolute Gasteiger partial charge is 0.410 e. The van der Waals surface area contributed by atoms with E-state index in [2.05, 4.69) is 69.5 Å². The maximum atomic E-state index is 13.4. The van der Waals surface area contributed by atoms with Crippen molar-refractivity contribution in [3.63, 3.8) is 0 Å². The third-order valence-electron chi connectivity index (χ3n) is 8.14. The van der Waals surface area contributed by atoms with Crippen LogP contribution in [0.25, 0.3) is 16.7 Å². The van der Waals surface area contributed by atoms with E-state index in [-0.39, 0.29) is 24.1 Å². The van der Waals surface area contributed by atoms with Crippen LogP contribution in [0.3, 0.4) is 0 Å². The molecule has 188 valence electrons. The summed E-state index contributed by atoms with van der Waals surface area (Å²) >= 11 is 0. The minimum absolute atomic E-state index is 0.0506. The maximum absolute atomic E-state index is 13.4. The molecule has 4 aliphatic rings. The molecule has 1 aromatic heterocycles. The Morgan fingerprint density at radius 2 is 1.62 bits per heavy atom. The Morgan fingerprint density at radius 3 is 2.30 bits per heavy atom. The summed E-state index contributed by atoms with van der Waals surface area (Å²) in [5.74, 6) is 0.857. The van der Waals surface area contributed by atoms with Crippen molar-refractivity contribution in [1.82, 2.24) is 14.9 Å². The molecule has 4 heterocycles. The van der Waals surface area contributed by atoms with Gasteiger partial charge in [-0.1, -0.05) is 54.6 Å². The zero-order valence-electron chi connectivity index (χ0n) is 20.8. The van der Waals surface area contributed by atoms with Crippen molar-refractivity contribution in [3.8, 4) is 11.1 Å². The van der Waals surface area contributed by atoms with Gasteiger partial charge in [0.15, 0.2) is 0 Å². The van der Waals surface area contributed by atoms with Gasteiger partial charge in [-0.25, -0.2) is 14.8 Å². The summed E-state index contributed by atoms with van der Waals surface area (Å²) in [7, 11) is 0. The van der Waals surface area contributed by atoms with E-state index in [4.69, 9.17) is 9.47 Å². The zero-order valence-corrected chi connectivity index (χ0v) is 20.8. The van der Waals surface area contributed by atoms with Crippen molar-refractivity contribution in [1.29, 1.82) is 0 Å². The van der Waals surface area contributed by atoms with Crippen LogP contribution >= 0.6 is 0 Å². The Kier molecular flexibility index (Phi) is 5.65. The van der Waals surface area contributed by atoms with Crippen LogP contribution in [0.15, 0.2) is 67.0 Å². The molecule has 1 amide bonds.